The number of benzene rings is 5. The first-order valence-electron chi connectivity index (χ1n) is 16.4. The van der Waals surface area contributed by atoms with E-state index in [4.69, 9.17) is 9.97 Å². The number of aromatic nitrogens is 2. The highest BCUT2D eigenvalue weighted by Crippen LogP contribution is 2.39. The molecule has 0 amide bonds. The van der Waals surface area contributed by atoms with E-state index in [1.165, 1.54) is 59.0 Å². The van der Waals surface area contributed by atoms with Gasteiger partial charge in [0.25, 0.3) is 0 Å². The molecule has 0 bridgehead atoms. The highest BCUT2D eigenvalue weighted by Gasteiger charge is 2.17. The minimum atomic E-state index is 0.780. The van der Waals surface area contributed by atoms with Crippen molar-refractivity contribution in [3.8, 4) is 33.6 Å². The summed E-state index contributed by atoms with van der Waals surface area (Å²) < 4.78 is 2.67. The van der Waals surface area contributed by atoms with Gasteiger partial charge >= 0.3 is 0 Å². The Kier molecular flexibility index (Phi) is 6.98. The first kappa shape index (κ1) is 27.9. The summed E-state index contributed by atoms with van der Waals surface area (Å²) in [7, 11) is 0. The molecule has 0 fully saturated rings. The van der Waals surface area contributed by atoms with Gasteiger partial charge < -0.3 is 0 Å². The van der Waals surface area contributed by atoms with Crippen molar-refractivity contribution in [1.82, 2.24) is 9.97 Å². The Bertz CT molecular complexity index is 2450. The molecule has 47 heavy (non-hydrogen) atoms. The monoisotopic (exact) mass is 620 g/mol. The van der Waals surface area contributed by atoms with Crippen LogP contribution in [-0.4, -0.2) is 9.97 Å². The number of hydrogen-bond donors (Lipinski definition) is 0. The first-order chi connectivity index (χ1) is 23.3. The van der Waals surface area contributed by atoms with Crippen LogP contribution in [0.5, 0.6) is 0 Å². The van der Waals surface area contributed by atoms with Crippen LogP contribution in [0, 0.1) is 0 Å². The number of allylic oxidation sites excluding steroid dienone is 8. The number of nitrogens with zero attached hydrogens (tertiary/aromatic N) is 2. The molecule has 2 nitrogen and oxygen atoms in total. The predicted octanol–water partition coefficient (Wildman–Crippen LogP) is 12.5. The molecular weight excluding hydrogens is 589 g/mol. The summed E-state index contributed by atoms with van der Waals surface area (Å²) in [6.45, 7) is 0. The van der Waals surface area contributed by atoms with Crippen LogP contribution in [0.25, 0.3) is 75.7 Å². The summed E-state index contributed by atoms with van der Waals surface area (Å²) in [4.78, 5) is 10.4. The van der Waals surface area contributed by atoms with Crippen molar-refractivity contribution in [1.29, 1.82) is 0 Å². The zero-order valence-electron chi connectivity index (χ0n) is 26.0. The van der Waals surface area contributed by atoms with E-state index in [1.54, 1.807) is 0 Å². The van der Waals surface area contributed by atoms with E-state index in [9.17, 15) is 0 Å². The van der Waals surface area contributed by atoms with E-state index in [0.29, 0.717) is 0 Å². The molecule has 0 atom stereocenters. The third-order valence-corrected chi connectivity index (χ3v) is 10.6. The van der Waals surface area contributed by atoms with Gasteiger partial charge in [0.1, 0.15) is 0 Å². The van der Waals surface area contributed by atoms with Gasteiger partial charge in [-0.15, -0.1) is 11.3 Å². The summed E-state index contributed by atoms with van der Waals surface area (Å²) in [6, 6.07) is 39.9. The summed E-state index contributed by atoms with van der Waals surface area (Å²) in [5.41, 5.74) is 10.4. The van der Waals surface area contributed by atoms with Crippen LogP contribution >= 0.6 is 11.3 Å². The Morgan fingerprint density at radius 3 is 2.06 bits per heavy atom. The van der Waals surface area contributed by atoms with Crippen LogP contribution in [0.4, 0.5) is 0 Å². The van der Waals surface area contributed by atoms with Crippen LogP contribution in [0.2, 0.25) is 0 Å². The van der Waals surface area contributed by atoms with Crippen molar-refractivity contribution in [3.05, 3.63) is 157 Å². The van der Waals surface area contributed by atoms with Crippen molar-refractivity contribution in [2.75, 3.05) is 0 Å². The standard InChI is InChI=1S/C44H32N2S/c1-3-11-31(12-4-1)40-28-41(32-13-5-2-6-14-32)46-44(45-40)38-25-24-34(35-15-7-8-16-36(35)38)30-21-19-29(20-22-30)33-23-26-43-39(27-33)37-17-9-10-18-42(37)47-43/h1,3,5,7-11,13-28H,2,4,6,12H2. The molecule has 0 radical (unpaired) electrons. The van der Waals surface area contributed by atoms with E-state index in [1.807, 2.05) is 11.3 Å². The lowest BCUT2D eigenvalue weighted by molar-refractivity contribution is 1.02. The molecule has 224 valence electrons. The third kappa shape index (κ3) is 5.14. The molecular formula is C44H32N2S. The molecule has 0 N–H and O–H groups in total. The van der Waals surface area contributed by atoms with E-state index in [2.05, 4.69) is 146 Å². The van der Waals surface area contributed by atoms with Gasteiger partial charge in [-0.2, -0.15) is 0 Å². The maximum Gasteiger partial charge on any atom is 0.161 e. The molecule has 0 saturated carbocycles. The molecule has 3 heteroatoms. The maximum absolute atomic E-state index is 5.19. The Balaban J connectivity index is 1.12. The quantitative estimate of drug-likeness (QED) is 0.191. The second-order valence-electron chi connectivity index (χ2n) is 12.4. The minimum absolute atomic E-state index is 0.780. The third-order valence-electron chi connectivity index (χ3n) is 9.43. The van der Waals surface area contributed by atoms with Crippen molar-refractivity contribution in [2.24, 2.45) is 0 Å². The summed E-state index contributed by atoms with van der Waals surface area (Å²) in [6.07, 6.45) is 17.5. The van der Waals surface area contributed by atoms with Crippen molar-refractivity contribution in [3.63, 3.8) is 0 Å². The van der Waals surface area contributed by atoms with E-state index >= 15 is 0 Å². The van der Waals surface area contributed by atoms with Gasteiger partial charge in [-0.3, -0.25) is 0 Å². The summed E-state index contributed by atoms with van der Waals surface area (Å²) in [5, 5.41) is 5.03. The van der Waals surface area contributed by atoms with Gasteiger partial charge in [-0.25, -0.2) is 9.97 Å². The van der Waals surface area contributed by atoms with Crippen LogP contribution in [-0.2, 0) is 0 Å². The second kappa shape index (κ2) is 11.8. The normalized spacial score (nSPS) is 14.6. The zero-order valence-corrected chi connectivity index (χ0v) is 26.8. The van der Waals surface area contributed by atoms with Crippen LogP contribution in [0.1, 0.15) is 37.1 Å². The smallest absolute Gasteiger partial charge is 0.161 e. The predicted molar refractivity (Wildman–Crippen MR) is 201 cm³/mol. The van der Waals surface area contributed by atoms with Crippen LogP contribution < -0.4 is 0 Å². The van der Waals surface area contributed by atoms with E-state index in [0.717, 1.165) is 53.8 Å². The fourth-order valence-electron chi connectivity index (χ4n) is 6.99. The molecule has 2 aromatic heterocycles. The summed E-state index contributed by atoms with van der Waals surface area (Å²) in [5.74, 6) is 0.780. The van der Waals surface area contributed by atoms with Gasteiger partial charge in [0.05, 0.1) is 11.4 Å². The lowest BCUT2D eigenvalue weighted by Crippen LogP contribution is -2.02. The topological polar surface area (TPSA) is 25.8 Å². The number of hydrogen-bond acceptors (Lipinski definition) is 3. The molecule has 5 aromatic carbocycles. The minimum Gasteiger partial charge on any atom is -0.228 e. The molecule has 0 saturated heterocycles. The van der Waals surface area contributed by atoms with Crippen LogP contribution in [0.3, 0.4) is 0 Å². The van der Waals surface area contributed by atoms with E-state index < -0.39 is 0 Å². The van der Waals surface area contributed by atoms with Gasteiger partial charge in [0, 0.05) is 25.7 Å². The van der Waals surface area contributed by atoms with Crippen molar-refractivity contribution < 1.29 is 0 Å². The number of rotatable bonds is 5. The van der Waals surface area contributed by atoms with Gasteiger partial charge in [-0.05, 0) is 100 Å². The Labute approximate surface area is 278 Å². The van der Waals surface area contributed by atoms with Crippen molar-refractivity contribution in [2.45, 2.75) is 25.7 Å². The lowest BCUT2D eigenvalue weighted by Gasteiger charge is -2.16. The average molecular weight is 621 g/mol. The largest absolute Gasteiger partial charge is 0.228 e. The van der Waals surface area contributed by atoms with Crippen molar-refractivity contribution >= 4 is 53.4 Å². The lowest BCUT2D eigenvalue weighted by atomic mass is 9.93. The van der Waals surface area contributed by atoms with Gasteiger partial charge in [-0.1, -0.05) is 115 Å². The summed E-state index contributed by atoms with van der Waals surface area (Å²) >= 11 is 1.86. The SMILES string of the molecule is C1=CCCC(c2cc(C3=CCCC=C3)nc(-c3ccc(-c4ccc(-c5ccc6sc7ccccc7c6c5)cc4)c4ccccc34)n2)=C1. The molecule has 7 aromatic rings. The average Bonchev–Trinajstić information content (AvgIpc) is 3.53. The highest BCUT2D eigenvalue weighted by atomic mass is 32.1. The van der Waals surface area contributed by atoms with Crippen LogP contribution in [0.15, 0.2) is 146 Å². The van der Waals surface area contributed by atoms with Gasteiger partial charge in [0.15, 0.2) is 5.82 Å². The Morgan fingerprint density at radius 2 is 1.26 bits per heavy atom. The maximum atomic E-state index is 5.19. The molecule has 2 heterocycles. The number of fused-ring (bicyclic) bond motifs is 4. The Hall–Kier alpha value is -5.38. The zero-order chi connectivity index (χ0) is 31.2. The molecule has 2 aliphatic rings. The number of thiophene rings is 1. The molecule has 2 aliphatic carbocycles. The van der Waals surface area contributed by atoms with E-state index in [-0.39, 0.29) is 0 Å². The first-order valence-corrected chi connectivity index (χ1v) is 17.3. The fourth-order valence-corrected chi connectivity index (χ4v) is 8.08. The van der Waals surface area contributed by atoms with Gasteiger partial charge in [0.2, 0.25) is 0 Å². The molecule has 9 rings (SSSR count). The highest BCUT2D eigenvalue weighted by molar-refractivity contribution is 7.25. The molecule has 0 unspecified atom stereocenters. The molecule has 0 aliphatic heterocycles. The Morgan fingerprint density at radius 1 is 0.532 bits per heavy atom. The molecule has 0 spiro atoms. The fraction of sp³-hybridized carbons (Fsp3) is 0.0909. The second-order valence-corrected chi connectivity index (χ2v) is 13.4.